The SMILES string of the molecule is CCN1CC(n2cc(SN3CCC(Nc4ncc5c(n4)N(C(C)C4CC4)C(=O)C54CC4)CC3)cn2)C1. The molecule has 2 aromatic rings. The van der Waals surface area contributed by atoms with E-state index in [0.717, 1.165) is 69.8 Å². The molecule has 0 aromatic carbocycles. The van der Waals surface area contributed by atoms with Crippen LogP contribution >= 0.6 is 11.9 Å². The highest BCUT2D eigenvalue weighted by atomic mass is 32.2. The number of nitrogens with one attached hydrogen (secondary N) is 1. The lowest BCUT2D eigenvalue weighted by atomic mass is 10.0. The van der Waals surface area contributed by atoms with Gasteiger partial charge in [-0.25, -0.2) is 9.29 Å². The second kappa shape index (κ2) is 8.70. The number of likely N-dealkylation sites (N-methyl/N-ethyl adjacent to an activating group) is 1. The summed E-state index contributed by atoms with van der Waals surface area (Å²) in [5, 5.41) is 8.20. The quantitative estimate of drug-likeness (QED) is 0.544. The topological polar surface area (TPSA) is 82.4 Å². The van der Waals surface area contributed by atoms with E-state index in [4.69, 9.17) is 4.98 Å². The Morgan fingerprint density at radius 3 is 2.64 bits per heavy atom. The van der Waals surface area contributed by atoms with Gasteiger partial charge in [0.05, 0.1) is 22.5 Å². The molecule has 1 amide bonds. The molecule has 2 aliphatic carbocycles. The van der Waals surface area contributed by atoms with Crippen LogP contribution in [0.2, 0.25) is 0 Å². The number of fused-ring (bicyclic) bond motifs is 2. The van der Waals surface area contributed by atoms with Gasteiger partial charge in [-0.05, 0) is 69.9 Å². The summed E-state index contributed by atoms with van der Waals surface area (Å²) in [6.45, 7) is 9.77. The normalized spacial score (nSPS) is 25.3. The third kappa shape index (κ3) is 3.92. The molecule has 2 saturated carbocycles. The van der Waals surface area contributed by atoms with Crippen LogP contribution in [-0.2, 0) is 10.2 Å². The number of carbonyl (C=O) groups excluding carboxylic acids is 1. The molecule has 2 saturated heterocycles. The van der Waals surface area contributed by atoms with Gasteiger partial charge in [-0.1, -0.05) is 6.92 Å². The van der Waals surface area contributed by atoms with Crippen LogP contribution in [0.15, 0.2) is 23.5 Å². The van der Waals surface area contributed by atoms with Crippen molar-refractivity contribution in [3.8, 4) is 0 Å². The highest BCUT2D eigenvalue weighted by Crippen LogP contribution is 2.58. The maximum atomic E-state index is 13.3. The van der Waals surface area contributed by atoms with Gasteiger partial charge in [0, 0.05) is 56.2 Å². The van der Waals surface area contributed by atoms with E-state index >= 15 is 0 Å². The number of hydrogen-bond acceptors (Lipinski definition) is 8. The first-order valence-corrected chi connectivity index (χ1v) is 14.5. The van der Waals surface area contributed by atoms with Gasteiger partial charge in [0.1, 0.15) is 5.82 Å². The van der Waals surface area contributed by atoms with Crippen molar-refractivity contribution in [2.24, 2.45) is 5.92 Å². The molecule has 1 atom stereocenters. The Hall–Kier alpha value is -2.17. The van der Waals surface area contributed by atoms with E-state index in [-0.39, 0.29) is 17.4 Å². The lowest BCUT2D eigenvalue weighted by Crippen LogP contribution is -2.47. The molecule has 1 spiro atoms. The highest BCUT2D eigenvalue weighted by Gasteiger charge is 2.61. The molecule has 192 valence electrons. The molecule has 1 N–H and O–H groups in total. The minimum atomic E-state index is -0.318. The molecular formula is C26H36N8OS. The number of rotatable bonds is 8. The van der Waals surface area contributed by atoms with Gasteiger partial charge in [-0.15, -0.1) is 0 Å². The Kier molecular flexibility index (Phi) is 5.55. The maximum Gasteiger partial charge on any atom is 0.239 e. The van der Waals surface area contributed by atoms with Crippen molar-refractivity contribution in [1.29, 1.82) is 0 Å². The molecule has 0 radical (unpaired) electrons. The molecule has 2 aromatic heterocycles. The zero-order valence-corrected chi connectivity index (χ0v) is 22.1. The Morgan fingerprint density at radius 1 is 1.17 bits per heavy atom. The molecule has 9 nitrogen and oxygen atoms in total. The summed E-state index contributed by atoms with van der Waals surface area (Å²) >= 11 is 1.82. The monoisotopic (exact) mass is 508 g/mol. The number of carbonyl (C=O) groups is 1. The van der Waals surface area contributed by atoms with Gasteiger partial charge in [-0.2, -0.15) is 10.1 Å². The molecule has 4 fully saturated rings. The first-order chi connectivity index (χ1) is 17.5. The summed E-state index contributed by atoms with van der Waals surface area (Å²) in [7, 11) is 0. The third-order valence-corrected chi connectivity index (χ3v) is 10.0. The second-order valence-corrected chi connectivity index (χ2v) is 12.5. The fourth-order valence-electron chi connectivity index (χ4n) is 6.14. The van der Waals surface area contributed by atoms with Gasteiger partial charge in [0.2, 0.25) is 11.9 Å². The van der Waals surface area contributed by atoms with Crippen molar-refractivity contribution in [3.63, 3.8) is 0 Å². The van der Waals surface area contributed by atoms with Crippen molar-refractivity contribution in [2.75, 3.05) is 42.9 Å². The molecule has 5 aliphatic rings. The summed E-state index contributed by atoms with van der Waals surface area (Å²) in [4.78, 5) is 28.6. The molecule has 36 heavy (non-hydrogen) atoms. The van der Waals surface area contributed by atoms with Gasteiger partial charge in [-0.3, -0.25) is 19.3 Å². The second-order valence-electron chi connectivity index (χ2n) is 11.4. The van der Waals surface area contributed by atoms with Crippen molar-refractivity contribution < 1.29 is 4.79 Å². The average Bonchev–Trinajstić information content (AvgIpc) is 3.77. The average molecular weight is 509 g/mol. The van der Waals surface area contributed by atoms with E-state index in [0.29, 0.717) is 23.9 Å². The Labute approximate surface area is 217 Å². The number of aromatic nitrogens is 4. The van der Waals surface area contributed by atoms with Gasteiger partial charge in [0.25, 0.3) is 0 Å². The molecule has 1 unspecified atom stereocenters. The minimum absolute atomic E-state index is 0.235. The lowest BCUT2D eigenvalue weighted by molar-refractivity contribution is -0.120. The summed E-state index contributed by atoms with van der Waals surface area (Å²) in [5.74, 6) is 2.42. The van der Waals surface area contributed by atoms with Crippen molar-refractivity contribution in [3.05, 3.63) is 24.2 Å². The minimum Gasteiger partial charge on any atom is -0.351 e. The summed E-state index contributed by atoms with van der Waals surface area (Å²) < 4.78 is 4.58. The Morgan fingerprint density at radius 2 is 1.94 bits per heavy atom. The zero-order valence-electron chi connectivity index (χ0n) is 21.3. The summed E-state index contributed by atoms with van der Waals surface area (Å²) in [5.41, 5.74) is 0.739. The summed E-state index contributed by atoms with van der Waals surface area (Å²) in [6.07, 6.45) is 12.5. The predicted octanol–water partition coefficient (Wildman–Crippen LogP) is 3.31. The molecule has 5 heterocycles. The van der Waals surface area contributed by atoms with Gasteiger partial charge >= 0.3 is 0 Å². The number of piperidine rings is 1. The van der Waals surface area contributed by atoms with E-state index in [9.17, 15) is 4.79 Å². The smallest absolute Gasteiger partial charge is 0.239 e. The van der Waals surface area contributed by atoms with E-state index in [1.54, 1.807) is 0 Å². The third-order valence-electron chi connectivity index (χ3n) is 8.96. The number of anilines is 2. The van der Waals surface area contributed by atoms with Crippen molar-refractivity contribution >= 4 is 29.6 Å². The van der Waals surface area contributed by atoms with Crippen molar-refractivity contribution in [2.45, 2.75) is 80.8 Å². The molecule has 3 aliphatic heterocycles. The summed E-state index contributed by atoms with van der Waals surface area (Å²) in [6, 6.07) is 1.10. The van der Waals surface area contributed by atoms with Crippen LogP contribution in [-0.4, -0.2) is 79.7 Å². The standard InChI is InChI=1S/C26H36N8OS/c1-3-31-14-20(15-31)33-16-21(12-28-33)36-32-10-6-19(7-11-32)29-25-27-13-22-23(30-25)34(17(2)18-4-5-18)24(35)26(22)8-9-26/h12-13,16-20H,3-11,14-15H2,1-2H3,(H,27,29,30). The fraction of sp³-hybridized carbons (Fsp3) is 0.692. The molecule has 10 heteroatoms. The number of hydrogen-bond donors (Lipinski definition) is 1. The van der Waals surface area contributed by atoms with Crippen LogP contribution in [0.1, 0.15) is 64.0 Å². The van der Waals surface area contributed by atoms with E-state index < -0.39 is 0 Å². The molecule has 0 bridgehead atoms. The van der Waals surface area contributed by atoms with E-state index in [1.807, 2.05) is 29.2 Å². The predicted molar refractivity (Wildman–Crippen MR) is 140 cm³/mol. The number of amides is 1. The van der Waals surface area contributed by atoms with E-state index in [1.165, 1.54) is 17.7 Å². The fourth-order valence-corrected chi connectivity index (χ4v) is 7.08. The first-order valence-electron chi connectivity index (χ1n) is 13.7. The Bertz CT molecular complexity index is 1150. The van der Waals surface area contributed by atoms with Gasteiger partial charge < -0.3 is 5.32 Å². The number of likely N-dealkylation sites (tertiary alicyclic amines) is 1. The first kappa shape index (κ1) is 23.0. The van der Waals surface area contributed by atoms with E-state index in [2.05, 4.69) is 49.3 Å². The Balaban J connectivity index is 0.961. The largest absolute Gasteiger partial charge is 0.351 e. The van der Waals surface area contributed by atoms with Crippen LogP contribution in [0.25, 0.3) is 0 Å². The van der Waals surface area contributed by atoms with Gasteiger partial charge in [0.15, 0.2) is 0 Å². The van der Waals surface area contributed by atoms with Crippen LogP contribution < -0.4 is 10.2 Å². The van der Waals surface area contributed by atoms with Crippen LogP contribution in [0, 0.1) is 5.92 Å². The zero-order chi connectivity index (χ0) is 24.4. The molecular weight excluding hydrogens is 472 g/mol. The lowest BCUT2D eigenvalue weighted by Gasteiger charge is -2.38. The highest BCUT2D eigenvalue weighted by molar-refractivity contribution is 7.97. The van der Waals surface area contributed by atoms with Crippen LogP contribution in [0.3, 0.4) is 0 Å². The number of nitrogens with zero attached hydrogens (tertiary/aromatic N) is 7. The van der Waals surface area contributed by atoms with Crippen molar-refractivity contribution in [1.82, 2.24) is 29.0 Å². The maximum absolute atomic E-state index is 13.3. The van der Waals surface area contributed by atoms with Crippen LogP contribution in [0.5, 0.6) is 0 Å². The van der Waals surface area contributed by atoms with Crippen LogP contribution in [0.4, 0.5) is 11.8 Å². The molecule has 7 rings (SSSR count).